The van der Waals surface area contributed by atoms with Crippen LogP contribution in [-0.2, 0) is 0 Å². The summed E-state index contributed by atoms with van der Waals surface area (Å²) >= 11 is 0. The smallest absolute Gasteiger partial charge is 0.323 e. The van der Waals surface area contributed by atoms with E-state index in [4.69, 9.17) is 4.74 Å². The third kappa shape index (κ3) is 5.61. The zero-order valence-corrected chi connectivity index (χ0v) is 17.2. The van der Waals surface area contributed by atoms with Crippen molar-refractivity contribution in [2.45, 2.75) is 26.9 Å². The topological polar surface area (TPSA) is 79.5 Å². The van der Waals surface area contributed by atoms with Gasteiger partial charge in [0.1, 0.15) is 5.75 Å². The van der Waals surface area contributed by atoms with Gasteiger partial charge in [-0.2, -0.15) is 0 Å². The van der Waals surface area contributed by atoms with Crippen molar-refractivity contribution >= 4 is 29.0 Å². The highest BCUT2D eigenvalue weighted by Crippen LogP contribution is 2.24. The number of rotatable bonds is 6. The molecule has 0 saturated carbocycles. The number of ether oxygens (including phenoxy) is 1. The highest BCUT2D eigenvalue weighted by molar-refractivity contribution is 6.07. The number of anilines is 3. The Morgan fingerprint density at radius 2 is 1.47 bits per heavy atom. The highest BCUT2D eigenvalue weighted by atomic mass is 16.5. The first-order valence-corrected chi connectivity index (χ1v) is 9.73. The molecular formula is C24H25N3O3. The Bertz CT molecular complexity index is 1030. The lowest BCUT2D eigenvalue weighted by molar-refractivity contribution is 0.102. The van der Waals surface area contributed by atoms with Crippen LogP contribution in [0.25, 0.3) is 0 Å². The molecule has 0 bridgehead atoms. The average molecular weight is 403 g/mol. The molecule has 0 heterocycles. The molecule has 0 aliphatic heterocycles. The van der Waals surface area contributed by atoms with Gasteiger partial charge in [0.2, 0.25) is 0 Å². The maximum atomic E-state index is 12.9. The second-order valence-corrected chi connectivity index (χ2v) is 7.09. The summed E-state index contributed by atoms with van der Waals surface area (Å²) in [5.74, 6) is 0.249. The summed E-state index contributed by atoms with van der Waals surface area (Å²) in [7, 11) is 0. The first kappa shape index (κ1) is 20.9. The summed E-state index contributed by atoms with van der Waals surface area (Å²) in [6, 6.07) is 21.3. The predicted molar refractivity (Wildman–Crippen MR) is 120 cm³/mol. The van der Waals surface area contributed by atoms with E-state index in [1.165, 1.54) is 0 Å². The van der Waals surface area contributed by atoms with E-state index in [0.717, 1.165) is 5.56 Å². The quantitative estimate of drug-likeness (QED) is 0.495. The van der Waals surface area contributed by atoms with Crippen LogP contribution in [0.15, 0.2) is 72.8 Å². The summed E-state index contributed by atoms with van der Waals surface area (Å²) in [5, 5.41) is 8.46. The summed E-state index contributed by atoms with van der Waals surface area (Å²) < 4.78 is 5.74. The van der Waals surface area contributed by atoms with E-state index < -0.39 is 0 Å². The van der Waals surface area contributed by atoms with Crippen molar-refractivity contribution < 1.29 is 14.3 Å². The van der Waals surface area contributed by atoms with Gasteiger partial charge in [-0.1, -0.05) is 36.4 Å². The second kappa shape index (κ2) is 9.60. The zero-order valence-electron chi connectivity index (χ0n) is 17.2. The van der Waals surface area contributed by atoms with Crippen molar-refractivity contribution in [2.75, 3.05) is 16.0 Å². The van der Waals surface area contributed by atoms with Gasteiger partial charge in [-0.3, -0.25) is 4.79 Å². The van der Waals surface area contributed by atoms with E-state index >= 15 is 0 Å². The Morgan fingerprint density at radius 1 is 0.800 bits per heavy atom. The molecule has 0 atom stereocenters. The van der Waals surface area contributed by atoms with Crippen LogP contribution in [0.5, 0.6) is 5.75 Å². The third-order valence-corrected chi connectivity index (χ3v) is 4.27. The molecule has 6 nitrogen and oxygen atoms in total. The molecule has 0 aliphatic carbocycles. The number of hydrogen-bond donors (Lipinski definition) is 3. The van der Waals surface area contributed by atoms with Crippen molar-refractivity contribution in [3.05, 3.63) is 83.9 Å². The van der Waals surface area contributed by atoms with E-state index in [-0.39, 0.29) is 18.0 Å². The van der Waals surface area contributed by atoms with Crippen LogP contribution in [0.2, 0.25) is 0 Å². The van der Waals surface area contributed by atoms with E-state index in [9.17, 15) is 9.59 Å². The minimum absolute atomic E-state index is 0.0451. The summed E-state index contributed by atoms with van der Waals surface area (Å²) in [5.41, 5.74) is 3.19. The molecule has 3 rings (SSSR count). The first-order valence-electron chi connectivity index (χ1n) is 9.73. The van der Waals surface area contributed by atoms with E-state index in [1.807, 2.05) is 51.1 Å². The number of urea groups is 1. The van der Waals surface area contributed by atoms with Crippen LogP contribution in [0.1, 0.15) is 29.8 Å². The lowest BCUT2D eigenvalue weighted by atomic mass is 10.1. The summed E-state index contributed by atoms with van der Waals surface area (Å²) in [4.78, 5) is 25.1. The molecule has 3 N–H and O–H groups in total. The monoisotopic (exact) mass is 403 g/mol. The van der Waals surface area contributed by atoms with E-state index in [1.54, 1.807) is 42.5 Å². The number of nitrogens with one attached hydrogen (secondary N) is 3. The minimum Gasteiger partial charge on any atom is -0.490 e. The number of amides is 3. The van der Waals surface area contributed by atoms with Gasteiger partial charge in [0.05, 0.1) is 11.7 Å². The number of para-hydroxylation sites is 2. The Morgan fingerprint density at radius 3 is 2.20 bits per heavy atom. The number of aryl methyl sites for hydroxylation is 1. The molecule has 154 valence electrons. The van der Waals surface area contributed by atoms with E-state index in [0.29, 0.717) is 28.4 Å². The van der Waals surface area contributed by atoms with Gasteiger partial charge in [-0.25, -0.2) is 4.79 Å². The van der Waals surface area contributed by atoms with Gasteiger partial charge in [0.25, 0.3) is 5.91 Å². The van der Waals surface area contributed by atoms with E-state index in [2.05, 4.69) is 16.0 Å². The fourth-order valence-corrected chi connectivity index (χ4v) is 2.85. The van der Waals surface area contributed by atoms with Crippen LogP contribution in [0.3, 0.4) is 0 Å². The number of carbonyl (C=O) groups excluding carboxylic acids is 2. The summed E-state index contributed by atoms with van der Waals surface area (Å²) in [6.45, 7) is 5.71. The van der Waals surface area contributed by atoms with Gasteiger partial charge >= 0.3 is 6.03 Å². The predicted octanol–water partition coefficient (Wildman–Crippen LogP) is 5.68. The minimum atomic E-state index is -0.363. The van der Waals surface area contributed by atoms with Crippen LogP contribution in [0, 0.1) is 6.92 Å². The largest absolute Gasteiger partial charge is 0.490 e. The molecule has 3 aromatic rings. The second-order valence-electron chi connectivity index (χ2n) is 7.09. The summed E-state index contributed by atoms with van der Waals surface area (Å²) in [6.07, 6.45) is -0.0451. The Kier molecular flexibility index (Phi) is 6.70. The Labute approximate surface area is 176 Å². The molecule has 0 spiro atoms. The van der Waals surface area contributed by atoms with Gasteiger partial charge in [-0.05, 0) is 62.7 Å². The standard InChI is InChI=1S/C24H25N3O3/c1-16(2)30-22-12-8-7-11-20(22)23(28)27-21-15-19(14-13-17(21)3)26-24(29)25-18-9-5-4-6-10-18/h4-16H,1-3H3,(H,27,28)(H2,25,26,29). The van der Waals surface area contributed by atoms with Gasteiger partial charge in [0.15, 0.2) is 0 Å². The van der Waals surface area contributed by atoms with Crippen LogP contribution < -0.4 is 20.7 Å². The highest BCUT2D eigenvalue weighted by Gasteiger charge is 2.15. The van der Waals surface area contributed by atoms with Gasteiger partial charge < -0.3 is 20.7 Å². The normalized spacial score (nSPS) is 10.4. The van der Waals surface area contributed by atoms with Crippen molar-refractivity contribution in [3.63, 3.8) is 0 Å². The molecule has 0 radical (unpaired) electrons. The molecular weight excluding hydrogens is 378 g/mol. The zero-order chi connectivity index (χ0) is 21.5. The molecule has 30 heavy (non-hydrogen) atoms. The maximum absolute atomic E-state index is 12.9. The molecule has 0 saturated heterocycles. The molecule has 6 heteroatoms. The van der Waals surface area contributed by atoms with Gasteiger partial charge in [-0.15, -0.1) is 0 Å². The lowest BCUT2D eigenvalue weighted by Crippen LogP contribution is -2.20. The van der Waals surface area contributed by atoms with Gasteiger partial charge in [0, 0.05) is 17.1 Å². The molecule has 0 fully saturated rings. The SMILES string of the molecule is Cc1ccc(NC(=O)Nc2ccccc2)cc1NC(=O)c1ccccc1OC(C)C. The number of benzene rings is 3. The molecule has 0 aliphatic rings. The number of hydrogen-bond acceptors (Lipinski definition) is 3. The first-order chi connectivity index (χ1) is 14.4. The average Bonchev–Trinajstić information content (AvgIpc) is 2.71. The third-order valence-electron chi connectivity index (χ3n) is 4.27. The van der Waals surface area contributed by atoms with Crippen LogP contribution in [-0.4, -0.2) is 18.0 Å². The molecule has 0 unspecified atom stereocenters. The molecule has 3 amide bonds. The van der Waals surface area contributed by atoms with Crippen LogP contribution >= 0.6 is 0 Å². The fourth-order valence-electron chi connectivity index (χ4n) is 2.85. The molecule has 3 aromatic carbocycles. The number of carbonyl (C=O) groups is 2. The lowest BCUT2D eigenvalue weighted by Gasteiger charge is -2.15. The van der Waals surface area contributed by atoms with Crippen LogP contribution in [0.4, 0.5) is 21.9 Å². The molecule has 0 aromatic heterocycles. The Balaban J connectivity index is 1.73. The van der Waals surface area contributed by atoms with Crippen molar-refractivity contribution in [3.8, 4) is 5.75 Å². The fraction of sp³-hybridized carbons (Fsp3) is 0.167. The van der Waals surface area contributed by atoms with Crippen molar-refractivity contribution in [2.24, 2.45) is 0 Å². The van der Waals surface area contributed by atoms with Crippen molar-refractivity contribution in [1.29, 1.82) is 0 Å². The van der Waals surface area contributed by atoms with Crippen molar-refractivity contribution in [1.82, 2.24) is 0 Å². The Hall–Kier alpha value is -3.80. The maximum Gasteiger partial charge on any atom is 0.323 e.